The van der Waals surface area contributed by atoms with E-state index in [-0.39, 0.29) is 11.9 Å². The van der Waals surface area contributed by atoms with Crippen molar-refractivity contribution in [3.63, 3.8) is 0 Å². The maximum Gasteiger partial charge on any atom is 0.256 e. The summed E-state index contributed by atoms with van der Waals surface area (Å²) in [6, 6.07) is 3.65. The zero-order valence-corrected chi connectivity index (χ0v) is 12.5. The summed E-state index contributed by atoms with van der Waals surface area (Å²) in [6.07, 6.45) is 5.08. The van der Waals surface area contributed by atoms with Crippen LogP contribution in [0.2, 0.25) is 0 Å². The number of piperidine rings is 1. The first kappa shape index (κ1) is 13.9. The topological polar surface area (TPSA) is 51.1 Å². The first-order valence-corrected chi connectivity index (χ1v) is 7.44. The Morgan fingerprint density at radius 3 is 2.95 bits per heavy atom. The summed E-state index contributed by atoms with van der Waals surface area (Å²) in [5.41, 5.74) is 1.26. The van der Waals surface area contributed by atoms with Gasteiger partial charge in [0.1, 0.15) is 0 Å². The van der Waals surface area contributed by atoms with E-state index in [0.29, 0.717) is 29.4 Å². The van der Waals surface area contributed by atoms with E-state index in [1.165, 1.54) is 0 Å². The van der Waals surface area contributed by atoms with E-state index in [0.717, 1.165) is 25.8 Å². The van der Waals surface area contributed by atoms with E-state index in [9.17, 15) is 4.79 Å². The van der Waals surface area contributed by atoms with Crippen molar-refractivity contribution in [2.45, 2.75) is 32.2 Å². The summed E-state index contributed by atoms with van der Waals surface area (Å²) in [4.78, 5) is 19.2. The highest BCUT2D eigenvalue weighted by atomic mass is 16.5. The third-order valence-corrected chi connectivity index (χ3v) is 4.01. The molecule has 2 aliphatic rings. The van der Waals surface area contributed by atoms with Crippen LogP contribution < -0.4 is 9.47 Å². The van der Waals surface area contributed by atoms with Gasteiger partial charge in [-0.3, -0.25) is 9.79 Å². The van der Waals surface area contributed by atoms with Gasteiger partial charge < -0.3 is 14.4 Å². The standard InChI is InChI=1S/C16H20N2O3/c1-3-21-15-9-13-12(8-14(15)20-2)16(19)18-7-5-4-6-11(18)10-17-13/h8-11H,3-7H2,1-2H3. The molecule has 0 radical (unpaired) electrons. The number of hydrogen-bond acceptors (Lipinski definition) is 4. The molecule has 1 fully saturated rings. The Kier molecular flexibility index (Phi) is 3.82. The van der Waals surface area contributed by atoms with Gasteiger partial charge in [0, 0.05) is 18.8 Å². The molecule has 0 spiro atoms. The summed E-state index contributed by atoms with van der Waals surface area (Å²) < 4.78 is 10.9. The molecule has 21 heavy (non-hydrogen) atoms. The predicted octanol–water partition coefficient (Wildman–Crippen LogP) is 2.80. The Morgan fingerprint density at radius 1 is 1.33 bits per heavy atom. The molecule has 2 aliphatic heterocycles. The van der Waals surface area contributed by atoms with Gasteiger partial charge in [0.25, 0.3) is 5.91 Å². The molecule has 1 unspecified atom stereocenters. The molecule has 112 valence electrons. The van der Waals surface area contributed by atoms with E-state index in [2.05, 4.69) is 4.99 Å². The van der Waals surface area contributed by atoms with Crippen LogP contribution in [0.25, 0.3) is 0 Å². The maximum absolute atomic E-state index is 12.8. The molecule has 0 N–H and O–H groups in total. The Morgan fingerprint density at radius 2 is 2.19 bits per heavy atom. The lowest BCUT2D eigenvalue weighted by Crippen LogP contribution is -2.43. The van der Waals surface area contributed by atoms with Gasteiger partial charge in [0.05, 0.1) is 31.0 Å². The molecule has 0 aliphatic carbocycles. The van der Waals surface area contributed by atoms with Gasteiger partial charge in [-0.25, -0.2) is 0 Å². The van der Waals surface area contributed by atoms with Crippen LogP contribution in [0.4, 0.5) is 5.69 Å². The van der Waals surface area contributed by atoms with Crippen molar-refractivity contribution in [1.29, 1.82) is 0 Å². The van der Waals surface area contributed by atoms with Gasteiger partial charge in [-0.15, -0.1) is 0 Å². The molecule has 1 atom stereocenters. The molecule has 1 saturated heterocycles. The Hall–Kier alpha value is -2.04. The molecule has 5 heteroatoms. The fraction of sp³-hybridized carbons (Fsp3) is 0.500. The summed E-state index contributed by atoms with van der Waals surface area (Å²) in [7, 11) is 1.58. The normalized spacial score (nSPS) is 20.6. The summed E-state index contributed by atoms with van der Waals surface area (Å²) in [6.45, 7) is 3.26. The van der Waals surface area contributed by atoms with E-state index in [1.54, 1.807) is 19.2 Å². The maximum atomic E-state index is 12.8. The zero-order chi connectivity index (χ0) is 14.8. The summed E-state index contributed by atoms with van der Waals surface area (Å²) in [5.74, 6) is 1.24. The smallest absolute Gasteiger partial charge is 0.256 e. The number of amides is 1. The number of hydrogen-bond donors (Lipinski definition) is 0. The lowest BCUT2D eigenvalue weighted by molar-refractivity contribution is 0.0688. The highest BCUT2D eigenvalue weighted by Gasteiger charge is 2.30. The Balaban J connectivity index is 2.05. The van der Waals surface area contributed by atoms with Gasteiger partial charge in [0.2, 0.25) is 0 Å². The molecule has 1 aromatic rings. The quantitative estimate of drug-likeness (QED) is 0.859. The first-order valence-electron chi connectivity index (χ1n) is 7.44. The molecule has 1 aromatic carbocycles. The van der Waals surface area contributed by atoms with Gasteiger partial charge in [-0.1, -0.05) is 0 Å². The van der Waals surface area contributed by atoms with Crippen molar-refractivity contribution in [1.82, 2.24) is 4.90 Å². The monoisotopic (exact) mass is 288 g/mol. The lowest BCUT2D eigenvalue weighted by Gasteiger charge is -2.32. The number of aliphatic imine (C=N–C) groups is 1. The second-order valence-corrected chi connectivity index (χ2v) is 5.29. The fourth-order valence-corrected chi connectivity index (χ4v) is 2.94. The minimum atomic E-state index is 0.0357. The third kappa shape index (κ3) is 2.48. The lowest BCUT2D eigenvalue weighted by atomic mass is 10.0. The number of methoxy groups -OCH3 is 1. The second-order valence-electron chi connectivity index (χ2n) is 5.29. The minimum absolute atomic E-state index is 0.0357. The van der Waals surface area contributed by atoms with Crippen molar-refractivity contribution < 1.29 is 14.3 Å². The van der Waals surface area contributed by atoms with Crippen molar-refractivity contribution in [3.8, 4) is 11.5 Å². The molecule has 1 amide bonds. The van der Waals surface area contributed by atoms with E-state index >= 15 is 0 Å². The van der Waals surface area contributed by atoms with E-state index < -0.39 is 0 Å². The molecule has 0 saturated carbocycles. The van der Waals surface area contributed by atoms with Crippen molar-refractivity contribution in [2.24, 2.45) is 4.99 Å². The Bertz CT molecular complexity index is 583. The third-order valence-electron chi connectivity index (χ3n) is 4.01. The minimum Gasteiger partial charge on any atom is -0.493 e. The molecular formula is C16H20N2O3. The number of carbonyl (C=O) groups is 1. The van der Waals surface area contributed by atoms with Crippen LogP contribution in [0.15, 0.2) is 17.1 Å². The molecule has 0 bridgehead atoms. The van der Waals surface area contributed by atoms with Crippen molar-refractivity contribution in [2.75, 3.05) is 20.3 Å². The van der Waals surface area contributed by atoms with Crippen LogP contribution in [0.3, 0.4) is 0 Å². The van der Waals surface area contributed by atoms with Gasteiger partial charge in [-0.2, -0.15) is 0 Å². The fourth-order valence-electron chi connectivity index (χ4n) is 2.94. The van der Waals surface area contributed by atoms with Crippen LogP contribution >= 0.6 is 0 Å². The summed E-state index contributed by atoms with van der Waals surface area (Å²) >= 11 is 0. The number of rotatable bonds is 3. The zero-order valence-electron chi connectivity index (χ0n) is 12.5. The van der Waals surface area contributed by atoms with Crippen molar-refractivity contribution in [3.05, 3.63) is 17.7 Å². The average molecular weight is 288 g/mol. The molecule has 2 heterocycles. The van der Waals surface area contributed by atoms with Crippen LogP contribution in [-0.2, 0) is 0 Å². The second kappa shape index (κ2) is 5.76. The van der Waals surface area contributed by atoms with Crippen LogP contribution in [-0.4, -0.2) is 43.3 Å². The van der Waals surface area contributed by atoms with Gasteiger partial charge >= 0.3 is 0 Å². The van der Waals surface area contributed by atoms with Gasteiger partial charge in [0.15, 0.2) is 11.5 Å². The molecule has 0 aromatic heterocycles. The van der Waals surface area contributed by atoms with Gasteiger partial charge in [-0.05, 0) is 32.3 Å². The van der Waals surface area contributed by atoms with Crippen LogP contribution in [0.5, 0.6) is 11.5 Å². The average Bonchev–Trinajstić information content (AvgIpc) is 2.65. The molecular weight excluding hydrogens is 268 g/mol. The van der Waals surface area contributed by atoms with Crippen LogP contribution in [0, 0.1) is 0 Å². The first-order chi connectivity index (χ1) is 10.2. The SMILES string of the molecule is CCOc1cc2c(cc1OC)C(=O)N1CCCCC1C=N2. The number of benzene rings is 1. The summed E-state index contributed by atoms with van der Waals surface area (Å²) in [5, 5.41) is 0. The highest BCUT2D eigenvalue weighted by molar-refractivity contribution is 6.03. The molecule has 3 rings (SSSR count). The molecule has 5 nitrogen and oxygen atoms in total. The van der Waals surface area contributed by atoms with E-state index in [1.807, 2.05) is 18.0 Å². The Labute approximate surface area is 124 Å². The van der Waals surface area contributed by atoms with E-state index in [4.69, 9.17) is 9.47 Å². The number of nitrogens with zero attached hydrogens (tertiary/aromatic N) is 2. The predicted molar refractivity (Wildman–Crippen MR) is 81.0 cm³/mol. The largest absolute Gasteiger partial charge is 0.493 e. The number of ether oxygens (including phenoxy) is 2. The van der Waals surface area contributed by atoms with Crippen molar-refractivity contribution >= 4 is 17.8 Å². The van der Waals surface area contributed by atoms with Crippen LogP contribution in [0.1, 0.15) is 36.5 Å². The highest BCUT2D eigenvalue weighted by Crippen LogP contribution is 2.37. The number of carbonyl (C=O) groups excluding carboxylic acids is 1. The number of fused-ring (bicyclic) bond motifs is 2.